The minimum Gasteiger partial charge on any atom is -0.396 e. The van der Waals surface area contributed by atoms with E-state index in [4.69, 9.17) is 9.84 Å². The van der Waals surface area contributed by atoms with E-state index in [9.17, 15) is 5.11 Å². The van der Waals surface area contributed by atoms with E-state index >= 15 is 0 Å². The lowest BCUT2D eigenvalue weighted by atomic mass is 10.0. The number of aliphatic hydroxyl groups is 2. The maximum atomic E-state index is 9.90. The smallest absolute Gasteiger partial charge is 0.0897 e. The van der Waals surface area contributed by atoms with Gasteiger partial charge in [-0.1, -0.05) is 13.8 Å². The SMILES string of the molecule is Cc1ncsc1CCOCC(O)CNC(CCO)C(C)C. The Hall–Kier alpha value is -0.530. The molecule has 0 radical (unpaired) electrons. The normalized spacial score (nSPS) is 14.6. The van der Waals surface area contributed by atoms with Gasteiger partial charge in [0.1, 0.15) is 0 Å². The summed E-state index contributed by atoms with van der Waals surface area (Å²) >= 11 is 1.64. The van der Waals surface area contributed by atoms with Crippen molar-refractivity contribution in [3.8, 4) is 0 Å². The van der Waals surface area contributed by atoms with Gasteiger partial charge >= 0.3 is 0 Å². The zero-order valence-corrected chi connectivity index (χ0v) is 14.0. The second kappa shape index (κ2) is 10.2. The number of hydrogen-bond donors (Lipinski definition) is 3. The monoisotopic (exact) mass is 316 g/mol. The average molecular weight is 316 g/mol. The highest BCUT2D eigenvalue weighted by atomic mass is 32.1. The predicted octanol–water partition coefficient (Wildman–Crippen LogP) is 1.37. The van der Waals surface area contributed by atoms with Crippen LogP contribution in [0.2, 0.25) is 0 Å². The summed E-state index contributed by atoms with van der Waals surface area (Å²) in [5.41, 5.74) is 2.91. The van der Waals surface area contributed by atoms with Gasteiger partial charge in [-0.3, -0.25) is 0 Å². The summed E-state index contributed by atoms with van der Waals surface area (Å²) in [6.45, 7) is 7.79. The number of ether oxygens (including phenoxy) is 1. The molecule has 1 heterocycles. The number of aryl methyl sites for hydroxylation is 1. The molecule has 0 aliphatic heterocycles. The molecule has 2 atom stereocenters. The van der Waals surface area contributed by atoms with Crippen molar-refractivity contribution < 1.29 is 14.9 Å². The molecule has 0 bridgehead atoms. The molecule has 0 aliphatic carbocycles. The van der Waals surface area contributed by atoms with Crippen LogP contribution in [0.5, 0.6) is 0 Å². The lowest BCUT2D eigenvalue weighted by Crippen LogP contribution is -2.40. The van der Waals surface area contributed by atoms with E-state index in [1.54, 1.807) is 11.3 Å². The standard InChI is InChI=1S/C15H28N2O3S/c1-11(2)14(4-6-18)16-8-13(19)9-20-7-5-15-12(3)17-10-21-15/h10-11,13-14,16,18-19H,4-9H2,1-3H3. The summed E-state index contributed by atoms with van der Waals surface area (Å²) in [6, 6.07) is 0.226. The Morgan fingerprint density at radius 1 is 1.43 bits per heavy atom. The van der Waals surface area contributed by atoms with Crippen molar-refractivity contribution >= 4 is 11.3 Å². The van der Waals surface area contributed by atoms with Gasteiger partial charge in [0.2, 0.25) is 0 Å². The van der Waals surface area contributed by atoms with E-state index in [-0.39, 0.29) is 12.6 Å². The van der Waals surface area contributed by atoms with E-state index in [2.05, 4.69) is 24.1 Å². The van der Waals surface area contributed by atoms with Gasteiger partial charge in [-0.05, 0) is 19.3 Å². The van der Waals surface area contributed by atoms with Crippen molar-refractivity contribution in [2.24, 2.45) is 5.92 Å². The number of rotatable bonds is 11. The number of aromatic nitrogens is 1. The van der Waals surface area contributed by atoms with E-state index in [0.29, 0.717) is 32.1 Å². The first-order chi connectivity index (χ1) is 10.0. The second-order valence-electron chi connectivity index (χ2n) is 5.61. The molecule has 0 fully saturated rings. The summed E-state index contributed by atoms with van der Waals surface area (Å²) < 4.78 is 5.52. The van der Waals surface area contributed by atoms with Crippen LogP contribution in [0.4, 0.5) is 0 Å². The lowest BCUT2D eigenvalue weighted by molar-refractivity contribution is 0.0357. The summed E-state index contributed by atoms with van der Waals surface area (Å²) in [5, 5.41) is 22.2. The molecule has 2 unspecified atom stereocenters. The van der Waals surface area contributed by atoms with Crippen LogP contribution in [-0.4, -0.2) is 53.7 Å². The number of aliphatic hydroxyl groups excluding tert-OH is 2. The van der Waals surface area contributed by atoms with Crippen molar-refractivity contribution in [2.75, 3.05) is 26.4 Å². The first kappa shape index (κ1) is 18.5. The highest BCUT2D eigenvalue weighted by molar-refractivity contribution is 7.09. The molecule has 3 N–H and O–H groups in total. The van der Waals surface area contributed by atoms with E-state index < -0.39 is 6.10 Å². The molecule has 5 nitrogen and oxygen atoms in total. The third-order valence-corrected chi connectivity index (χ3v) is 4.48. The van der Waals surface area contributed by atoms with Crippen LogP contribution >= 0.6 is 11.3 Å². The molecule has 0 spiro atoms. The molecule has 0 aliphatic rings. The molecule has 0 saturated heterocycles. The fourth-order valence-electron chi connectivity index (χ4n) is 2.11. The van der Waals surface area contributed by atoms with E-state index in [0.717, 1.165) is 12.1 Å². The van der Waals surface area contributed by atoms with Gasteiger partial charge in [-0.2, -0.15) is 0 Å². The van der Waals surface area contributed by atoms with Crippen molar-refractivity contribution in [2.45, 2.75) is 45.8 Å². The summed E-state index contributed by atoms with van der Waals surface area (Å²) in [6.07, 6.45) is 1.03. The summed E-state index contributed by atoms with van der Waals surface area (Å²) in [7, 11) is 0. The Balaban J connectivity index is 2.13. The first-order valence-electron chi connectivity index (χ1n) is 7.53. The van der Waals surface area contributed by atoms with Gasteiger partial charge < -0.3 is 20.3 Å². The minimum absolute atomic E-state index is 0.163. The predicted molar refractivity (Wildman–Crippen MR) is 85.7 cm³/mol. The van der Waals surface area contributed by atoms with Crippen LogP contribution in [-0.2, 0) is 11.2 Å². The molecule has 1 aromatic heterocycles. The van der Waals surface area contributed by atoms with Crippen LogP contribution in [0.3, 0.4) is 0 Å². The summed E-state index contributed by atoms with van der Waals surface area (Å²) in [4.78, 5) is 5.44. The lowest BCUT2D eigenvalue weighted by Gasteiger charge is -2.23. The molecule has 21 heavy (non-hydrogen) atoms. The molecule has 0 aromatic carbocycles. The maximum Gasteiger partial charge on any atom is 0.0897 e. The Morgan fingerprint density at radius 2 is 2.19 bits per heavy atom. The van der Waals surface area contributed by atoms with E-state index in [1.807, 2.05) is 12.4 Å². The third kappa shape index (κ3) is 7.33. The first-order valence-corrected chi connectivity index (χ1v) is 8.41. The topological polar surface area (TPSA) is 74.6 Å². The molecule has 1 aromatic rings. The fourth-order valence-corrected chi connectivity index (χ4v) is 2.87. The van der Waals surface area contributed by atoms with Crippen molar-refractivity contribution in [3.63, 3.8) is 0 Å². The largest absolute Gasteiger partial charge is 0.396 e. The maximum absolute atomic E-state index is 9.90. The average Bonchev–Trinajstić information content (AvgIpc) is 2.84. The number of thiazole rings is 1. The van der Waals surface area contributed by atoms with Gasteiger partial charge in [-0.15, -0.1) is 11.3 Å². The van der Waals surface area contributed by atoms with Crippen LogP contribution in [0.15, 0.2) is 5.51 Å². The fraction of sp³-hybridized carbons (Fsp3) is 0.800. The van der Waals surface area contributed by atoms with Crippen LogP contribution < -0.4 is 5.32 Å². The van der Waals surface area contributed by atoms with Crippen molar-refractivity contribution in [1.29, 1.82) is 0 Å². The number of nitrogens with zero attached hydrogens (tertiary/aromatic N) is 1. The molecular formula is C15H28N2O3S. The zero-order chi connectivity index (χ0) is 15.7. The van der Waals surface area contributed by atoms with E-state index in [1.165, 1.54) is 4.88 Å². The molecular weight excluding hydrogens is 288 g/mol. The Kier molecular flexibility index (Phi) is 9.03. The number of hydrogen-bond acceptors (Lipinski definition) is 6. The highest BCUT2D eigenvalue weighted by Crippen LogP contribution is 2.12. The molecule has 1 rings (SSSR count). The Bertz CT molecular complexity index is 385. The van der Waals surface area contributed by atoms with Gasteiger partial charge in [0.15, 0.2) is 0 Å². The van der Waals surface area contributed by atoms with Crippen molar-refractivity contribution in [3.05, 3.63) is 16.1 Å². The van der Waals surface area contributed by atoms with Crippen LogP contribution in [0.1, 0.15) is 30.8 Å². The van der Waals surface area contributed by atoms with Crippen molar-refractivity contribution in [1.82, 2.24) is 10.3 Å². The summed E-state index contributed by atoms with van der Waals surface area (Å²) in [5.74, 6) is 0.430. The molecule has 122 valence electrons. The zero-order valence-electron chi connectivity index (χ0n) is 13.2. The van der Waals surface area contributed by atoms with Crippen LogP contribution in [0, 0.1) is 12.8 Å². The van der Waals surface area contributed by atoms with Crippen LogP contribution in [0.25, 0.3) is 0 Å². The Labute approximate surface area is 131 Å². The van der Waals surface area contributed by atoms with Gasteiger partial charge in [0, 0.05) is 30.5 Å². The quantitative estimate of drug-likeness (QED) is 0.538. The molecule has 0 saturated carbocycles. The highest BCUT2D eigenvalue weighted by Gasteiger charge is 2.14. The molecule has 0 amide bonds. The Morgan fingerprint density at radius 3 is 2.76 bits per heavy atom. The second-order valence-corrected chi connectivity index (χ2v) is 6.55. The minimum atomic E-state index is -0.521. The molecule has 6 heteroatoms. The van der Waals surface area contributed by atoms with Gasteiger partial charge in [0.25, 0.3) is 0 Å². The third-order valence-electron chi connectivity index (χ3n) is 3.49. The van der Waals surface area contributed by atoms with Gasteiger partial charge in [-0.25, -0.2) is 4.98 Å². The van der Waals surface area contributed by atoms with Gasteiger partial charge in [0.05, 0.1) is 30.5 Å². The number of nitrogens with one attached hydrogen (secondary N) is 1.